The van der Waals surface area contributed by atoms with E-state index < -0.39 is 18.1 Å². The van der Waals surface area contributed by atoms with Crippen LogP contribution in [-0.2, 0) is 9.59 Å². The predicted molar refractivity (Wildman–Crippen MR) is 43.9 cm³/mol. The number of aliphatic hydroxyl groups is 1. The van der Waals surface area contributed by atoms with Crippen LogP contribution < -0.4 is 5.32 Å². The van der Waals surface area contributed by atoms with Gasteiger partial charge in [-0.1, -0.05) is 0 Å². The molecule has 72 valence electrons. The highest BCUT2D eigenvalue weighted by atomic mass is 16.4. The van der Waals surface area contributed by atoms with Crippen LogP contribution in [0.5, 0.6) is 0 Å². The van der Waals surface area contributed by atoms with E-state index in [1.807, 2.05) is 0 Å². The topological polar surface area (TPSA) is 86.6 Å². The zero-order chi connectivity index (χ0) is 10.0. The maximum Gasteiger partial charge on any atom is 0.331 e. The third kappa shape index (κ3) is 2.29. The van der Waals surface area contributed by atoms with Crippen LogP contribution in [-0.4, -0.2) is 34.2 Å². The molecule has 3 N–H and O–H groups in total. The molecule has 1 aliphatic carbocycles. The predicted octanol–water partition coefficient (Wildman–Crippen LogP) is -0.733. The Morgan fingerprint density at radius 2 is 2.23 bits per heavy atom. The Morgan fingerprint density at radius 1 is 1.62 bits per heavy atom. The molecule has 0 spiro atoms. The summed E-state index contributed by atoms with van der Waals surface area (Å²) in [6.07, 6.45) is 0.536. The van der Waals surface area contributed by atoms with Gasteiger partial charge in [-0.05, 0) is 6.08 Å². The van der Waals surface area contributed by atoms with Crippen molar-refractivity contribution in [3.8, 4) is 0 Å². The zero-order valence-corrected chi connectivity index (χ0v) is 7.15. The van der Waals surface area contributed by atoms with Crippen LogP contribution in [0.4, 0.5) is 0 Å². The van der Waals surface area contributed by atoms with E-state index in [0.717, 1.165) is 0 Å². The molecular weight excluding hydrogens is 174 g/mol. The third-order valence-corrected chi connectivity index (χ3v) is 1.89. The number of carbonyl (C=O) groups is 2. The van der Waals surface area contributed by atoms with E-state index in [9.17, 15) is 14.7 Å². The molecule has 2 atom stereocenters. The second-order valence-corrected chi connectivity index (χ2v) is 3.00. The first-order valence-corrected chi connectivity index (χ1v) is 3.90. The van der Waals surface area contributed by atoms with Crippen molar-refractivity contribution in [2.45, 2.75) is 25.5 Å². The average Bonchev–Trinajstić information content (AvgIpc) is 2.31. The van der Waals surface area contributed by atoms with Crippen molar-refractivity contribution in [3.05, 3.63) is 11.6 Å². The average molecular weight is 185 g/mol. The van der Waals surface area contributed by atoms with E-state index >= 15 is 0 Å². The number of carbonyl (C=O) groups excluding carboxylic acids is 1. The summed E-state index contributed by atoms with van der Waals surface area (Å²) in [6, 6.07) is -0.497. The van der Waals surface area contributed by atoms with Crippen molar-refractivity contribution in [2.75, 3.05) is 0 Å². The first-order valence-electron chi connectivity index (χ1n) is 3.90. The highest BCUT2D eigenvalue weighted by molar-refractivity contribution is 5.87. The summed E-state index contributed by atoms with van der Waals surface area (Å²) in [5.41, 5.74) is 0.145. The largest absolute Gasteiger partial charge is 0.478 e. The van der Waals surface area contributed by atoms with E-state index in [1.165, 1.54) is 13.0 Å². The number of hydrogen-bond donors (Lipinski definition) is 3. The normalized spacial score (nSPS) is 26.8. The van der Waals surface area contributed by atoms with Gasteiger partial charge in [0.1, 0.15) is 0 Å². The number of nitrogens with one attached hydrogen (secondary N) is 1. The molecule has 1 rings (SSSR count). The van der Waals surface area contributed by atoms with Crippen molar-refractivity contribution >= 4 is 11.9 Å². The third-order valence-electron chi connectivity index (χ3n) is 1.89. The van der Waals surface area contributed by atoms with Crippen molar-refractivity contribution in [1.82, 2.24) is 5.32 Å². The summed E-state index contributed by atoms with van der Waals surface area (Å²) in [4.78, 5) is 21.1. The molecule has 0 radical (unpaired) electrons. The molecule has 0 aromatic rings. The molecule has 0 aromatic carbocycles. The number of aliphatic hydroxyl groups excluding tert-OH is 1. The lowest BCUT2D eigenvalue weighted by Gasteiger charge is -2.14. The maximum atomic E-state index is 10.6. The van der Waals surface area contributed by atoms with E-state index in [1.54, 1.807) is 0 Å². The molecule has 0 saturated heterocycles. The Kier molecular flexibility index (Phi) is 2.67. The van der Waals surface area contributed by atoms with Crippen molar-refractivity contribution < 1.29 is 19.8 Å². The monoisotopic (exact) mass is 185 g/mol. The van der Waals surface area contributed by atoms with Crippen LogP contribution in [0.15, 0.2) is 11.6 Å². The quantitative estimate of drug-likeness (QED) is 0.529. The van der Waals surface area contributed by atoms with Gasteiger partial charge < -0.3 is 15.5 Å². The van der Waals surface area contributed by atoms with Gasteiger partial charge in [-0.3, -0.25) is 4.79 Å². The van der Waals surface area contributed by atoms with E-state index in [4.69, 9.17) is 5.11 Å². The van der Waals surface area contributed by atoms with Gasteiger partial charge in [-0.15, -0.1) is 0 Å². The number of rotatable bonds is 2. The molecule has 1 amide bonds. The van der Waals surface area contributed by atoms with Gasteiger partial charge >= 0.3 is 5.97 Å². The minimum absolute atomic E-state index is 0.145. The molecule has 0 bridgehead atoms. The van der Waals surface area contributed by atoms with Crippen LogP contribution >= 0.6 is 0 Å². The van der Waals surface area contributed by atoms with Crippen molar-refractivity contribution in [1.29, 1.82) is 0 Å². The second-order valence-electron chi connectivity index (χ2n) is 3.00. The summed E-state index contributed by atoms with van der Waals surface area (Å²) >= 11 is 0. The maximum absolute atomic E-state index is 10.6. The molecule has 0 aliphatic heterocycles. The standard InChI is InChI=1S/C8H11NO4/c1-4(10)9-6-2-5(8(12)13)3-7(6)11/h3,6-7,11H,2H2,1H3,(H,9,10)(H,12,13)/t6-,7+/m0/s1. The Bertz CT molecular complexity index is 271. The molecule has 0 unspecified atom stereocenters. The van der Waals surface area contributed by atoms with E-state index in [2.05, 4.69) is 5.32 Å². The molecule has 5 heteroatoms. The molecule has 0 fully saturated rings. The smallest absolute Gasteiger partial charge is 0.331 e. The van der Waals surface area contributed by atoms with Gasteiger partial charge in [-0.25, -0.2) is 4.79 Å². The molecule has 0 heterocycles. The molecule has 0 saturated carbocycles. The highest BCUT2D eigenvalue weighted by Crippen LogP contribution is 2.19. The molecule has 1 aliphatic rings. The second kappa shape index (κ2) is 3.57. The van der Waals surface area contributed by atoms with Crippen LogP contribution in [0, 0.1) is 0 Å². The Hall–Kier alpha value is -1.36. The summed E-state index contributed by atoms with van der Waals surface area (Å²) in [5, 5.41) is 20.4. The lowest BCUT2D eigenvalue weighted by Crippen LogP contribution is -2.39. The van der Waals surface area contributed by atoms with Gasteiger partial charge in [0.05, 0.1) is 12.1 Å². The lowest BCUT2D eigenvalue weighted by atomic mass is 10.1. The van der Waals surface area contributed by atoms with Gasteiger partial charge in [0, 0.05) is 18.9 Å². The lowest BCUT2D eigenvalue weighted by molar-refractivity contribution is -0.133. The summed E-state index contributed by atoms with van der Waals surface area (Å²) < 4.78 is 0. The molecule has 5 nitrogen and oxygen atoms in total. The zero-order valence-electron chi connectivity index (χ0n) is 7.15. The van der Waals surface area contributed by atoms with E-state index in [0.29, 0.717) is 0 Å². The number of amides is 1. The van der Waals surface area contributed by atoms with Gasteiger partial charge in [0.25, 0.3) is 0 Å². The minimum atomic E-state index is -1.05. The van der Waals surface area contributed by atoms with Crippen molar-refractivity contribution in [2.24, 2.45) is 0 Å². The first-order chi connectivity index (χ1) is 6.00. The Labute approximate surface area is 75.1 Å². The molecule has 0 aromatic heterocycles. The number of carboxylic acids is 1. The van der Waals surface area contributed by atoms with Crippen LogP contribution in [0.3, 0.4) is 0 Å². The minimum Gasteiger partial charge on any atom is -0.478 e. The Morgan fingerprint density at radius 3 is 2.62 bits per heavy atom. The molecular formula is C8H11NO4. The number of hydrogen-bond acceptors (Lipinski definition) is 3. The van der Waals surface area contributed by atoms with Crippen LogP contribution in [0.1, 0.15) is 13.3 Å². The van der Waals surface area contributed by atoms with Crippen molar-refractivity contribution in [3.63, 3.8) is 0 Å². The fraction of sp³-hybridized carbons (Fsp3) is 0.500. The van der Waals surface area contributed by atoms with Gasteiger partial charge in [0.2, 0.25) is 5.91 Å². The molecule has 13 heavy (non-hydrogen) atoms. The SMILES string of the molecule is CC(=O)N[C@H]1CC(C(=O)O)=C[C@H]1O. The summed E-state index contributed by atoms with van der Waals surface area (Å²) in [6.45, 7) is 1.32. The Balaban J connectivity index is 2.59. The van der Waals surface area contributed by atoms with Gasteiger partial charge in [0.15, 0.2) is 0 Å². The van der Waals surface area contributed by atoms with Crippen LogP contribution in [0.25, 0.3) is 0 Å². The van der Waals surface area contributed by atoms with Crippen LogP contribution in [0.2, 0.25) is 0 Å². The summed E-state index contributed by atoms with van der Waals surface area (Å²) in [7, 11) is 0. The van der Waals surface area contributed by atoms with E-state index in [-0.39, 0.29) is 17.9 Å². The highest BCUT2D eigenvalue weighted by Gasteiger charge is 2.29. The fourth-order valence-electron chi connectivity index (χ4n) is 1.30. The fourth-order valence-corrected chi connectivity index (χ4v) is 1.30. The number of aliphatic carboxylic acids is 1. The van der Waals surface area contributed by atoms with Gasteiger partial charge in [-0.2, -0.15) is 0 Å². The number of carboxylic acid groups (broad SMARTS) is 1. The first kappa shape index (κ1) is 9.73. The summed E-state index contributed by atoms with van der Waals surface area (Å²) in [5.74, 6) is -1.32.